The summed E-state index contributed by atoms with van der Waals surface area (Å²) >= 11 is 5.75. The Labute approximate surface area is 119 Å². The molecule has 1 aromatic rings. The molecule has 1 atom stereocenters. The summed E-state index contributed by atoms with van der Waals surface area (Å²) < 4.78 is 13.5. The fourth-order valence-corrected chi connectivity index (χ4v) is 3.03. The Hall–Kier alpha value is -0.600. The van der Waals surface area contributed by atoms with E-state index in [4.69, 9.17) is 11.6 Å². The smallest absolute Gasteiger partial charge is 0.142 e. The third-order valence-electron chi connectivity index (χ3n) is 4.53. The van der Waals surface area contributed by atoms with Crippen molar-refractivity contribution in [3.05, 3.63) is 34.6 Å². The first-order valence-corrected chi connectivity index (χ1v) is 7.62. The van der Waals surface area contributed by atoms with E-state index in [0.717, 1.165) is 30.5 Å². The normalized spacial score (nSPS) is 22.3. The monoisotopic (exact) mass is 281 g/mol. The van der Waals surface area contributed by atoms with Crippen LogP contribution in [0.15, 0.2) is 18.2 Å². The molecule has 2 aliphatic rings. The van der Waals surface area contributed by atoms with Gasteiger partial charge in [0.2, 0.25) is 0 Å². The van der Waals surface area contributed by atoms with Crippen molar-refractivity contribution in [1.82, 2.24) is 5.32 Å². The van der Waals surface area contributed by atoms with Crippen molar-refractivity contribution >= 4 is 11.6 Å². The van der Waals surface area contributed by atoms with Crippen LogP contribution < -0.4 is 5.32 Å². The Morgan fingerprint density at radius 2 is 2.05 bits per heavy atom. The number of rotatable bonds is 6. The van der Waals surface area contributed by atoms with E-state index in [-0.39, 0.29) is 16.3 Å². The van der Waals surface area contributed by atoms with Crippen LogP contribution in [0, 0.1) is 17.2 Å². The van der Waals surface area contributed by atoms with Crippen LogP contribution in [-0.2, 0) is 6.42 Å². The Kier molecular flexibility index (Phi) is 3.57. The largest absolute Gasteiger partial charge is 0.313 e. The molecule has 3 heteroatoms. The molecule has 19 heavy (non-hydrogen) atoms. The van der Waals surface area contributed by atoms with E-state index in [2.05, 4.69) is 12.2 Å². The Morgan fingerprint density at radius 1 is 1.32 bits per heavy atom. The van der Waals surface area contributed by atoms with Gasteiger partial charge in [0.1, 0.15) is 5.82 Å². The van der Waals surface area contributed by atoms with E-state index in [1.165, 1.54) is 25.7 Å². The number of halogens is 2. The van der Waals surface area contributed by atoms with E-state index in [0.29, 0.717) is 0 Å². The van der Waals surface area contributed by atoms with Crippen LogP contribution in [0.4, 0.5) is 4.39 Å². The summed E-state index contributed by atoms with van der Waals surface area (Å²) in [5.74, 6) is 0.491. The van der Waals surface area contributed by atoms with Gasteiger partial charge in [-0.05, 0) is 61.1 Å². The van der Waals surface area contributed by atoms with Gasteiger partial charge in [-0.25, -0.2) is 4.39 Å². The van der Waals surface area contributed by atoms with E-state index in [1.807, 2.05) is 6.07 Å². The van der Waals surface area contributed by atoms with E-state index in [1.54, 1.807) is 12.1 Å². The quantitative estimate of drug-likeness (QED) is 0.824. The molecule has 0 aliphatic heterocycles. The lowest BCUT2D eigenvalue weighted by Crippen LogP contribution is -2.36. The van der Waals surface area contributed by atoms with Gasteiger partial charge in [0, 0.05) is 12.6 Å². The highest BCUT2D eigenvalue weighted by Crippen LogP contribution is 2.47. The van der Waals surface area contributed by atoms with Gasteiger partial charge in [-0.3, -0.25) is 0 Å². The molecule has 0 bridgehead atoms. The van der Waals surface area contributed by atoms with E-state index >= 15 is 0 Å². The van der Waals surface area contributed by atoms with Crippen LogP contribution in [-0.4, -0.2) is 12.6 Å². The molecule has 1 unspecified atom stereocenters. The summed E-state index contributed by atoms with van der Waals surface area (Å²) in [6.07, 6.45) is 6.20. The first-order valence-electron chi connectivity index (χ1n) is 7.24. The zero-order valence-corrected chi connectivity index (χ0v) is 12.1. The lowest BCUT2D eigenvalue weighted by Gasteiger charge is -2.30. The summed E-state index contributed by atoms with van der Waals surface area (Å²) in [5.41, 5.74) is 1.32. The van der Waals surface area contributed by atoms with Crippen molar-refractivity contribution in [3.8, 4) is 0 Å². The van der Waals surface area contributed by atoms with Gasteiger partial charge in [0.05, 0.1) is 5.02 Å². The van der Waals surface area contributed by atoms with E-state index < -0.39 is 0 Å². The highest BCUT2D eigenvalue weighted by atomic mass is 35.5. The van der Waals surface area contributed by atoms with Crippen molar-refractivity contribution < 1.29 is 4.39 Å². The van der Waals surface area contributed by atoms with Crippen LogP contribution in [0.3, 0.4) is 0 Å². The Morgan fingerprint density at radius 3 is 2.63 bits per heavy atom. The SMILES string of the molecule is CC(CNC1CC1)(Cc1ccc(Cl)c(F)c1)C1CC1. The summed E-state index contributed by atoms with van der Waals surface area (Å²) in [7, 11) is 0. The average molecular weight is 282 g/mol. The maximum Gasteiger partial charge on any atom is 0.142 e. The van der Waals surface area contributed by atoms with Gasteiger partial charge >= 0.3 is 0 Å². The average Bonchev–Trinajstić information content (AvgIpc) is 3.25. The zero-order chi connectivity index (χ0) is 13.5. The fourth-order valence-electron chi connectivity index (χ4n) is 2.91. The molecule has 0 heterocycles. The summed E-state index contributed by atoms with van der Waals surface area (Å²) in [4.78, 5) is 0. The Balaban J connectivity index is 1.70. The number of hydrogen-bond acceptors (Lipinski definition) is 1. The minimum absolute atomic E-state index is 0.216. The molecule has 0 radical (unpaired) electrons. The predicted molar refractivity (Wildman–Crippen MR) is 77.0 cm³/mol. The molecular weight excluding hydrogens is 261 g/mol. The molecular formula is C16H21ClFN. The highest BCUT2D eigenvalue weighted by molar-refractivity contribution is 6.30. The molecule has 0 spiro atoms. The van der Waals surface area contributed by atoms with Crippen molar-refractivity contribution in [1.29, 1.82) is 0 Å². The third kappa shape index (κ3) is 3.29. The first-order chi connectivity index (χ1) is 9.07. The molecule has 1 N–H and O–H groups in total. The van der Waals surface area contributed by atoms with Crippen LogP contribution in [0.25, 0.3) is 0 Å². The molecule has 2 saturated carbocycles. The summed E-state index contributed by atoms with van der Waals surface area (Å²) in [6, 6.07) is 5.97. The second kappa shape index (κ2) is 5.06. The molecule has 1 nitrogen and oxygen atoms in total. The highest BCUT2D eigenvalue weighted by Gasteiger charge is 2.42. The van der Waals surface area contributed by atoms with Crippen LogP contribution in [0.5, 0.6) is 0 Å². The molecule has 3 rings (SSSR count). The lowest BCUT2D eigenvalue weighted by atomic mass is 9.79. The summed E-state index contributed by atoms with van der Waals surface area (Å²) in [6.45, 7) is 3.39. The number of benzene rings is 1. The van der Waals surface area contributed by atoms with Gasteiger partial charge in [0.25, 0.3) is 0 Å². The minimum atomic E-state index is -0.299. The van der Waals surface area contributed by atoms with Crippen LogP contribution >= 0.6 is 11.6 Å². The molecule has 1 aromatic carbocycles. The van der Waals surface area contributed by atoms with Crippen LogP contribution in [0.1, 0.15) is 38.2 Å². The fraction of sp³-hybridized carbons (Fsp3) is 0.625. The van der Waals surface area contributed by atoms with Crippen molar-refractivity contribution in [2.24, 2.45) is 11.3 Å². The van der Waals surface area contributed by atoms with Crippen molar-refractivity contribution in [3.63, 3.8) is 0 Å². The third-order valence-corrected chi connectivity index (χ3v) is 4.83. The maximum absolute atomic E-state index is 13.5. The van der Waals surface area contributed by atoms with Gasteiger partial charge in [-0.1, -0.05) is 24.6 Å². The summed E-state index contributed by atoms with van der Waals surface area (Å²) in [5, 5.41) is 3.86. The van der Waals surface area contributed by atoms with Crippen molar-refractivity contribution in [2.75, 3.05) is 6.54 Å². The predicted octanol–water partition coefficient (Wildman–Crippen LogP) is 4.19. The molecule has 104 valence electrons. The lowest BCUT2D eigenvalue weighted by molar-refractivity contribution is 0.254. The molecule has 0 amide bonds. The molecule has 2 aliphatic carbocycles. The van der Waals surface area contributed by atoms with Crippen molar-refractivity contribution in [2.45, 2.75) is 45.1 Å². The van der Waals surface area contributed by atoms with Gasteiger partial charge in [-0.15, -0.1) is 0 Å². The van der Waals surface area contributed by atoms with E-state index in [9.17, 15) is 4.39 Å². The topological polar surface area (TPSA) is 12.0 Å². The number of hydrogen-bond donors (Lipinski definition) is 1. The maximum atomic E-state index is 13.5. The van der Waals surface area contributed by atoms with Gasteiger partial charge in [-0.2, -0.15) is 0 Å². The first kappa shape index (κ1) is 13.4. The number of nitrogens with one attached hydrogen (secondary N) is 1. The second-order valence-electron chi connectivity index (χ2n) is 6.51. The molecule has 0 aromatic heterocycles. The molecule has 2 fully saturated rings. The minimum Gasteiger partial charge on any atom is -0.313 e. The van der Waals surface area contributed by atoms with Gasteiger partial charge in [0.15, 0.2) is 0 Å². The standard InChI is InChI=1S/C16H21ClFN/c1-16(12-3-4-12,10-19-13-5-6-13)9-11-2-7-14(17)15(18)8-11/h2,7-8,12-13,19H,3-6,9-10H2,1H3. The zero-order valence-electron chi connectivity index (χ0n) is 11.4. The van der Waals surface area contributed by atoms with Gasteiger partial charge < -0.3 is 5.32 Å². The molecule has 0 saturated heterocycles. The van der Waals surface area contributed by atoms with Crippen LogP contribution in [0.2, 0.25) is 5.02 Å². The second-order valence-corrected chi connectivity index (χ2v) is 6.92. The Bertz CT molecular complexity index is 468.